The van der Waals surface area contributed by atoms with Gasteiger partial charge in [-0.05, 0) is 12.0 Å². The standard InChI is InChI=1S/C9H10N2O.C2H6/c1-6(2)7-3-8-9(4-10-7)12-5-11-8;1-2/h3-6H,1-2H3;1-2H3. The van der Waals surface area contributed by atoms with E-state index < -0.39 is 0 Å². The van der Waals surface area contributed by atoms with Crippen LogP contribution in [0.1, 0.15) is 39.3 Å². The van der Waals surface area contributed by atoms with Gasteiger partial charge in [-0.15, -0.1) is 0 Å². The molecule has 0 aliphatic heterocycles. The highest BCUT2D eigenvalue weighted by molar-refractivity contribution is 5.71. The van der Waals surface area contributed by atoms with Gasteiger partial charge in [-0.2, -0.15) is 0 Å². The van der Waals surface area contributed by atoms with E-state index in [2.05, 4.69) is 23.8 Å². The van der Waals surface area contributed by atoms with Crippen molar-refractivity contribution < 1.29 is 4.42 Å². The van der Waals surface area contributed by atoms with Crippen LogP contribution in [0.4, 0.5) is 0 Å². The highest BCUT2D eigenvalue weighted by Gasteiger charge is 2.03. The first kappa shape index (κ1) is 10.7. The van der Waals surface area contributed by atoms with Crippen molar-refractivity contribution in [3.8, 4) is 0 Å². The molecule has 0 fully saturated rings. The molecule has 3 nitrogen and oxygen atoms in total. The third-order valence-corrected chi connectivity index (χ3v) is 1.83. The Morgan fingerprint density at radius 2 is 1.93 bits per heavy atom. The molecule has 0 saturated heterocycles. The Balaban J connectivity index is 0.000000461. The first-order valence-corrected chi connectivity index (χ1v) is 4.96. The number of pyridine rings is 1. The minimum Gasteiger partial charge on any atom is -0.442 e. The summed E-state index contributed by atoms with van der Waals surface area (Å²) in [6, 6.07) is 1.96. The first-order chi connectivity index (χ1) is 6.77. The lowest BCUT2D eigenvalue weighted by molar-refractivity contribution is 0.600. The number of fused-ring (bicyclic) bond motifs is 1. The van der Waals surface area contributed by atoms with Crippen molar-refractivity contribution in [2.24, 2.45) is 0 Å². The third-order valence-electron chi connectivity index (χ3n) is 1.83. The number of aromatic nitrogens is 2. The maximum Gasteiger partial charge on any atom is 0.182 e. The maximum absolute atomic E-state index is 5.08. The zero-order valence-electron chi connectivity index (χ0n) is 9.11. The second-order valence-corrected chi connectivity index (χ2v) is 3.08. The van der Waals surface area contributed by atoms with E-state index in [4.69, 9.17) is 4.42 Å². The fourth-order valence-corrected chi connectivity index (χ4v) is 1.10. The summed E-state index contributed by atoms with van der Waals surface area (Å²) < 4.78 is 5.08. The molecule has 0 amide bonds. The average molecular weight is 192 g/mol. The van der Waals surface area contributed by atoms with Crippen LogP contribution in [-0.4, -0.2) is 9.97 Å². The summed E-state index contributed by atoms with van der Waals surface area (Å²) in [5.41, 5.74) is 2.68. The quantitative estimate of drug-likeness (QED) is 0.695. The molecular formula is C11H16N2O. The van der Waals surface area contributed by atoms with Crippen LogP contribution in [0.3, 0.4) is 0 Å². The van der Waals surface area contributed by atoms with Crippen molar-refractivity contribution in [3.63, 3.8) is 0 Å². The number of hydrogen-bond donors (Lipinski definition) is 0. The van der Waals surface area contributed by atoms with Gasteiger partial charge in [-0.3, -0.25) is 4.98 Å². The van der Waals surface area contributed by atoms with Crippen LogP contribution in [0.25, 0.3) is 11.1 Å². The Hall–Kier alpha value is -1.38. The lowest BCUT2D eigenvalue weighted by Gasteiger charge is -2.01. The summed E-state index contributed by atoms with van der Waals surface area (Å²) >= 11 is 0. The Labute approximate surface area is 84.2 Å². The molecule has 2 aromatic heterocycles. The van der Waals surface area contributed by atoms with Crippen LogP contribution in [-0.2, 0) is 0 Å². The predicted octanol–water partition coefficient (Wildman–Crippen LogP) is 3.37. The third kappa shape index (κ3) is 2.10. The predicted molar refractivity (Wildman–Crippen MR) is 57.2 cm³/mol. The Morgan fingerprint density at radius 3 is 2.57 bits per heavy atom. The zero-order valence-corrected chi connectivity index (χ0v) is 9.11. The maximum atomic E-state index is 5.08. The summed E-state index contributed by atoms with van der Waals surface area (Å²) in [4.78, 5) is 8.30. The molecule has 0 N–H and O–H groups in total. The number of hydrogen-bond acceptors (Lipinski definition) is 3. The van der Waals surface area contributed by atoms with Crippen LogP contribution in [0, 0.1) is 0 Å². The largest absolute Gasteiger partial charge is 0.442 e. The molecular weight excluding hydrogens is 176 g/mol. The van der Waals surface area contributed by atoms with Crippen molar-refractivity contribution >= 4 is 11.1 Å². The summed E-state index contributed by atoms with van der Waals surface area (Å²) in [7, 11) is 0. The van der Waals surface area contributed by atoms with E-state index in [-0.39, 0.29) is 0 Å². The van der Waals surface area contributed by atoms with Gasteiger partial charge in [0.05, 0.1) is 6.20 Å². The van der Waals surface area contributed by atoms with Crippen molar-refractivity contribution in [2.45, 2.75) is 33.6 Å². The van der Waals surface area contributed by atoms with Crippen molar-refractivity contribution in [1.29, 1.82) is 0 Å². The summed E-state index contributed by atoms with van der Waals surface area (Å²) in [6.07, 6.45) is 3.16. The molecule has 2 aromatic rings. The van der Waals surface area contributed by atoms with Gasteiger partial charge < -0.3 is 4.42 Å². The fourth-order valence-electron chi connectivity index (χ4n) is 1.10. The van der Waals surface area contributed by atoms with Gasteiger partial charge in [0.25, 0.3) is 0 Å². The van der Waals surface area contributed by atoms with E-state index in [1.54, 1.807) is 6.20 Å². The van der Waals surface area contributed by atoms with E-state index >= 15 is 0 Å². The minimum absolute atomic E-state index is 0.436. The monoisotopic (exact) mass is 192 g/mol. The van der Waals surface area contributed by atoms with Crippen LogP contribution in [0.15, 0.2) is 23.1 Å². The molecule has 0 aromatic carbocycles. The Morgan fingerprint density at radius 1 is 1.21 bits per heavy atom. The van der Waals surface area contributed by atoms with E-state index in [9.17, 15) is 0 Å². The molecule has 3 heteroatoms. The topological polar surface area (TPSA) is 38.9 Å². The van der Waals surface area contributed by atoms with Gasteiger partial charge in [-0.1, -0.05) is 27.7 Å². The van der Waals surface area contributed by atoms with Crippen molar-refractivity contribution in [2.75, 3.05) is 0 Å². The van der Waals surface area contributed by atoms with Gasteiger partial charge in [0.2, 0.25) is 0 Å². The van der Waals surface area contributed by atoms with E-state index in [0.717, 1.165) is 16.8 Å². The second kappa shape index (κ2) is 4.74. The van der Waals surface area contributed by atoms with E-state index in [1.165, 1.54) is 6.39 Å². The second-order valence-electron chi connectivity index (χ2n) is 3.08. The number of nitrogens with zero attached hydrogens (tertiary/aromatic N) is 2. The molecule has 0 unspecified atom stereocenters. The molecule has 0 bridgehead atoms. The summed E-state index contributed by atoms with van der Waals surface area (Å²) in [5.74, 6) is 0.436. The molecule has 0 aliphatic carbocycles. The zero-order chi connectivity index (χ0) is 10.6. The lowest BCUT2D eigenvalue weighted by atomic mass is 10.1. The van der Waals surface area contributed by atoms with Crippen molar-refractivity contribution in [1.82, 2.24) is 9.97 Å². The summed E-state index contributed by atoms with van der Waals surface area (Å²) in [5, 5.41) is 0. The molecule has 0 radical (unpaired) electrons. The molecule has 14 heavy (non-hydrogen) atoms. The smallest absolute Gasteiger partial charge is 0.182 e. The molecule has 0 aliphatic rings. The molecule has 2 rings (SSSR count). The minimum atomic E-state index is 0.436. The number of oxazole rings is 1. The van der Waals surface area contributed by atoms with Crippen LogP contribution in [0.5, 0.6) is 0 Å². The highest BCUT2D eigenvalue weighted by Crippen LogP contribution is 2.16. The van der Waals surface area contributed by atoms with Crippen LogP contribution in [0.2, 0.25) is 0 Å². The molecule has 76 valence electrons. The van der Waals surface area contributed by atoms with Crippen molar-refractivity contribution in [3.05, 3.63) is 24.4 Å². The van der Waals surface area contributed by atoms with Crippen LogP contribution >= 0.6 is 0 Å². The van der Waals surface area contributed by atoms with Gasteiger partial charge in [-0.25, -0.2) is 4.98 Å². The lowest BCUT2D eigenvalue weighted by Crippen LogP contribution is -1.90. The molecule has 0 atom stereocenters. The Kier molecular flexibility index (Phi) is 3.63. The Bertz CT molecular complexity index is 393. The van der Waals surface area contributed by atoms with Gasteiger partial charge >= 0.3 is 0 Å². The average Bonchev–Trinajstić information content (AvgIpc) is 2.67. The SMILES string of the molecule is CC.CC(C)c1cc2ncoc2cn1. The van der Waals surface area contributed by atoms with E-state index in [0.29, 0.717) is 5.92 Å². The first-order valence-electron chi connectivity index (χ1n) is 4.96. The van der Waals surface area contributed by atoms with Gasteiger partial charge in [0.1, 0.15) is 5.52 Å². The number of rotatable bonds is 1. The van der Waals surface area contributed by atoms with Crippen LogP contribution < -0.4 is 0 Å². The normalized spacial score (nSPS) is 10.1. The van der Waals surface area contributed by atoms with Gasteiger partial charge in [0, 0.05) is 5.69 Å². The molecule has 2 heterocycles. The molecule has 0 saturated carbocycles. The van der Waals surface area contributed by atoms with Gasteiger partial charge in [0.15, 0.2) is 12.0 Å². The van der Waals surface area contributed by atoms with E-state index in [1.807, 2.05) is 19.9 Å². The summed E-state index contributed by atoms with van der Waals surface area (Å²) in [6.45, 7) is 8.21. The highest BCUT2D eigenvalue weighted by atomic mass is 16.3. The molecule has 0 spiro atoms. The fraction of sp³-hybridized carbons (Fsp3) is 0.455.